The van der Waals surface area contributed by atoms with Gasteiger partial charge in [-0.1, -0.05) is 54.1 Å². The molecule has 0 atom stereocenters. The van der Waals surface area contributed by atoms with E-state index in [4.69, 9.17) is 23.1 Å². The summed E-state index contributed by atoms with van der Waals surface area (Å²) in [7, 11) is 0. The van der Waals surface area contributed by atoms with E-state index >= 15 is 0 Å². The molecule has 7 heteroatoms. The Morgan fingerprint density at radius 2 is 1.53 bits per heavy atom. The Kier molecular flexibility index (Phi) is 5.63. The molecular weight excluding hydrogens is 424 g/mol. The van der Waals surface area contributed by atoms with E-state index in [2.05, 4.69) is 9.97 Å². The van der Waals surface area contributed by atoms with Crippen molar-refractivity contribution in [3.8, 4) is 11.3 Å². The molecule has 0 aliphatic heterocycles. The average molecular weight is 445 g/mol. The minimum Gasteiger partial charge on any atom is -0.369 e. The predicted octanol–water partition coefficient (Wildman–Crippen LogP) is 3.36. The van der Waals surface area contributed by atoms with Gasteiger partial charge >= 0.3 is 0 Å². The maximum atomic E-state index is 12.7. The number of carbonyl (C=O) groups is 2. The normalized spacial score (nSPS) is 21.9. The van der Waals surface area contributed by atoms with Crippen molar-refractivity contribution < 1.29 is 9.59 Å². The van der Waals surface area contributed by atoms with E-state index < -0.39 is 22.6 Å². The van der Waals surface area contributed by atoms with Crippen LogP contribution in [0.3, 0.4) is 0 Å². The van der Waals surface area contributed by atoms with Crippen molar-refractivity contribution >= 4 is 23.4 Å². The van der Waals surface area contributed by atoms with Crippen LogP contribution in [0.4, 0.5) is 0 Å². The van der Waals surface area contributed by atoms with Crippen molar-refractivity contribution in [2.45, 2.75) is 11.8 Å². The Bertz CT molecular complexity index is 1210. The van der Waals surface area contributed by atoms with Gasteiger partial charge in [-0.25, -0.2) is 0 Å². The Labute approximate surface area is 190 Å². The number of hydrogen-bond donors (Lipinski definition) is 2. The fraction of sp³-hybridized carbons (Fsp3) is 0.120. The molecule has 0 spiro atoms. The standard InChI is InChI=1S/C25H21ClN4O2/c26-20-8-7-17(15-19(20)21-6-2-4-14-30-21)25(23(28)32)11-9-24(10-12-25,22(27)31)16-18-5-1-3-13-29-18/h1-15H,16H2,(H2,27,31)(H2,28,32). The third-order valence-corrected chi connectivity index (χ3v) is 6.07. The van der Waals surface area contributed by atoms with Crippen molar-refractivity contribution in [2.24, 2.45) is 16.9 Å². The monoisotopic (exact) mass is 444 g/mol. The number of rotatable bonds is 6. The predicted molar refractivity (Wildman–Crippen MR) is 123 cm³/mol. The van der Waals surface area contributed by atoms with E-state index in [0.29, 0.717) is 27.5 Å². The third kappa shape index (κ3) is 3.81. The van der Waals surface area contributed by atoms with Crippen LogP contribution in [0, 0.1) is 5.41 Å². The highest BCUT2D eigenvalue weighted by Crippen LogP contribution is 2.40. The highest BCUT2D eigenvalue weighted by Gasteiger charge is 2.42. The van der Waals surface area contributed by atoms with E-state index in [1.807, 2.05) is 30.3 Å². The number of carbonyl (C=O) groups excluding carboxylic acids is 2. The quantitative estimate of drug-likeness (QED) is 0.567. The minimum absolute atomic E-state index is 0.269. The largest absolute Gasteiger partial charge is 0.369 e. The van der Waals surface area contributed by atoms with E-state index in [1.165, 1.54) is 0 Å². The van der Waals surface area contributed by atoms with E-state index in [0.717, 1.165) is 0 Å². The van der Waals surface area contributed by atoms with Crippen LogP contribution in [-0.4, -0.2) is 21.8 Å². The molecule has 3 aromatic rings. The van der Waals surface area contributed by atoms with E-state index in [9.17, 15) is 9.59 Å². The molecule has 2 heterocycles. The first kappa shape index (κ1) is 21.5. The van der Waals surface area contributed by atoms with Gasteiger partial charge in [0.15, 0.2) is 0 Å². The molecule has 0 bridgehead atoms. The van der Waals surface area contributed by atoms with Crippen molar-refractivity contribution in [1.82, 2.24) is 9.97 Å². The van der Waals surface area contributed by atoms with Gasteiger partial charge in [0.2, 0.25) is 11.8 Å². The Hall–Kier alpha value is -3.77. The van der Waals surface area contributed by atoms with Crippen molar-refractivity contribution in [1.29, 1.82) is 0 Å². The van der Waals surface area contributed by atoms with Crippen LogP contribution in [0.15, 0.2) is 91.3 Å². The first-order valence-corrected chi connectivity index (χ1v) is 10.4. The lowest BCUT2D eigenvalue weighted by atomic mass is 9.69. The summed E-state index contributed by atoms with van der Waals surface area (Å²) in [6, 6.07) is 16.2. The van der Waals surface area contributed by atoms with Gasteiger partial charge in [0.05, 0.1) is 11.1 Å². The van der Waals surface area contributed by atoms with Crippen LogP contribution in [0.2, 0.25) is 5.02 Å². The zero-order valence-corrected chi connectivity index (χ0v) is 17.9. The molecule has 0 radical (unpaired) electrons. The second kappa shape index (κ2) is 8.40. The van der Waals surface area contributed by atoms with Crippen LogP contribution in [0.5, 0.6) is 0 Å². The summed E-state index contributed by atoms with van der Waals surface area (Å²) in [6.07, 6.45) is 10.1. The summed E-state index contributed by atoms with van der Waals surface area (Å²) >= 11 is 6.41. The summed E-state index contributed by atoms with van der Waals surface area (Å²) in [5.41, 5.74) is 11.9. The SMILES string of the molecule is NC(=O)C1(Cc2ccccn2)C=CC(C(N)=O)(c2ccc(Cl)c(-c3ccccn3)c2)C=C1. The second-order valence-corrected chi connectivity index (χ2v) is 8.12. The van der Waals surface area contributed by atoms with Gasteiger partial charge < -0.3 is 11.5 Å². The molecule has 4 rings (SSSR count). The molecule has 2 aromatic heterocycles. The van der Waals surface area contributed by atoms with Gasteiger partial charge in [0.1, 0.15) is 5.41 Å². The van der Waals surface area contributed by atoms with E-state index in [-0.39, 0.29) is 6.42 Å². The zero-order valence-electron chi connectivity index (χ0n) is 17.1. The fourth-order valence-corrected chi connectivity index (χ4v) is 4.06. The maximum absolute atomic E-state index is 12.7. The lowest BCUT2D eigenvalue weighted by Gasteiger charge is -2.34. The number of primary amides is 2. The van der Waals surface area contributed by atoms with Gasteiger partial charge in [-0.2, -0.15) is 0 Å². The zero-order chi connectivity index (χ0) is 22.8. The summed E-state index contributed by atoms with van der Waals surface area (Å²) in [6.45, 7) is 0. The third-order valence-electron chi connectivity index (χ3n) is 5.74. The highest BCUT2D eigenvalue weighted by molar-refractivity contribution is 6.33. The lowest BCUT2D eigenvalue weighted by molar-refractivity contribution is -0.124. The molecule has 160 valence electrons. The summed E-state index contributed by atoms with van der Waals surface area (Å²) in [5, 5.41) is 0.498. The smallest absolute Gasteiger partial charge is 0.235 e. The van der Waals surface area contributed by atoms with Crippen LogP contribution in [-0.2, 0) is 21.4 Å². The number of nitrogens with zero attached hydrogens (tertiary/aromatic N) is 2. The van der Waals surface area contributed by atoms with Crippen LogP contribution < -0.4 is 11.5 Å². The summed E-state index contributed by atoms with van der Waals surface area (Å²) in [4.78, 5) is 33.8. The van der Waals surface area contributed by atoms with E-state index in [1.54, 1.807) is 61.0 Å². The molecule has 1 aromatic carbocycles. The van der Waals surface area contributed by atoms with Gasteiger partial charge in [0.25, 0.3) is 0 Å². The van der Waals surface area contributed by atoms with Crippen molar-refractivity contribution in [2.75, 3.05) is 0 Å². The number of halogens is 1. The number of hydrogen-bond acceptors (Lipinski definition) is 4. The number of aromatic nitrogens is 2. The van der Waals surface area contributed by atoms with Crippen LogP contribution in [0.1, 0.15) is 11.3 Å². The number of amides is 2. The Morgan fingerprint density at radius 1 is 0.844 bits per heavy atom. The molecule has 6 nitrogen and oxygen atoms in total. The van der Waals surface area contributed by atoms with Crippen LogP contribution >= 0.6 is 11.6 Å². The minimum atomic E-state index is -1.27. The first-order chi connectivity index (χ1) is 15.4. The van der Waals surface area contributed by atoms with Gasteiger partial charge in [-0.3, -0.25) is 19.6 Å². The highest BCUT2D eigenvalue weighted by atomic mass is 35.5. The fourth-order valence-electron chi connectivity index (χ4n) is 3.84. The number of benzene rings is 1. The molecule has 0 saturated heterocycles. The van der Waals surface area contributed by atoms with Gasteiger partial charge in [-0.15, -0.1) is 0 Å². The molecule has 0 unspecified atom stereocenters. The molecule has 32 heavy (non-hydrogen) atoms. The molecule has 1 aliphatic rings. The van der Waals surface area contributed by atoms with Crippen LogP contribution in [0.25, 0.3) is 11.3 Å². The topological polar surface area (TPSA) is 112 Å². The second-order valence-electron chi connectivity index (χ2n) is 7.71. The van der Waals surface area contributed by atoms with Crippen molar-refractivity contribution in [3.05, 3.63) is 108 Å². The van der Waals surface area contributed by atoms with Crippen molar-refractivity contribution in [3.63, 3.8) is 0 Å². The molecular formula is C25H21ClN4O2. The summed E-state index contributed by atoms with van der Waals surface area (Å²) < 4.78 is 0. The molecule has 0 fully saturated rings. The first-order valence-electron chi connectivity index (χ1n) is 9.98. The molecule has 0 saturated carbocycles. The van der Waals surface area contributed by atoms with Gasteiger partial charge in [-0.05, 0) is 42.0 Å². The molecule has 2 amide bonds. The number of nitrogens with two attached hydrogens (primary N) is 2. The molecule has 4 N–H and O–H groups in total. The Balaban J connectivity index is 1.78. The Morgan fingerprint density at radius 3 is 2.09 bits per heavy atom. The number of pyridine rings is 2. The molecule has 1 aliphatic carbocycles. The maximum Gasteiger partial charge on any atom is 0.235 e. The average Bonchev–Trinajstić information content (AvgIpc) is 2.81. The summed E-state index contributed by atoms with van der Waals surface area (Å²) in [5.74, 6) is -1.13. The van der Waals surface area contributed by atoms with Gasteiger partial charge in [0, 0.05) is 35.1 Å². The lowest BCUT2D eigenvalue weighted by Crippen LogP contribution is -2.44.